The Morgan fingerprint density at radius 2 is 1.82 bits per heavy atom. The molecule has 0 bridgehead atoms. The van der Waals surface area contributed by atoms with Crippen LogP contribution in [0.2, 0.25) is 0 Å². The van der Waals surface area contributed by atoms with E-state index in [1.54, 1.807) is 16.5 Å². The molecule has 5 rings (SSSR count). The highest BCUT2D eigenvalue weighted by Crippen LogP contribution is 2.28. The second-order valence-electron chi connectivity index (χ2n) is 8.31. The predicted octanol–water partition coefficient (Wildman–Crippen LogP) is 1.63. The van der Waals surface area contributed by atoms with Crippen LogP contribution in [-0.2, 0) is 17.8 Å². The van der Waals surface area contributed by atoms with Crippen molar-refractivity contribution in [2.24, 2.45) is 4.99 Å². The third-order valence-electron chi connectivity index (χ3n) is 6.19. The number of amides is 3. The number of urea groups is 1. The second-order valence-corrected chi connectivity index (χ2v) is 9.25. The molecule has 0 saturated carbocycles. The monoisotopic (exact) mass is 477 g/mol. The first-order valence-electron chi connectivity index (χ1n) is 10.9. The Balaban J connectivity index is 1.40. The summed E-state index contributed by atoms with van der Waals surface area (Å²) in [6.07, 6.45) is 4.18. The minimum Gasteiger partial charge on any atom is -0.321 e. The van der Waals surface area contributed by atoms with Crippen molar-refractivity contribution in [2.75, 3.05) is 19.8 Å². The minimum absolute atomic E-state index is 0.234. The van der Waals surface area contributed by atoms with Crippen LogP contribution in [0.15, 0.2) is 57.7 Å². The molecule has 0 aliphatic carbocycles. The average Bonchev–Trinajstić information content (AvgIpc) is 3.30. The van der Waals surface area contributed by atoms with Crippen LogP contribution in [0.4, 0.5) is 4.79 Å². The highest BCUT2D eigenvalue weighted by Gasteiger charge is 2.46. The zero-order valence-electron chi connectivity index (χ0n) is 18.8. The van der Waals surface area contributed by atoms with Gasteiger partial charge in [0.05, 0.1) is 6.04 Å². The molecule has 0 radical (unpaired) electrons. The van der Waals surface area contributed by atoms with Crippen molar-refractivity contribution >= 4 is 40.6 Å². The zero-order valence-corrected chi connectivity index (χ0v) is 19.6. The lowest BCUT2D eigenvalue weighted by Gasteiger charge is -2.37. The number of carbonyl (C=O) groups is 2. The summed E-state index contributed by atoms with van der Waals surface area (Å²) < 4.78 is 1.63. The zero-order chi connectivity index (χ0) is 23.8. The van der Waals surface area contributed by atoms with Gasteiger partial charge in [-0.2, -0.15) is 0 Å². The molecule has 11 heteroatoms. The van der Waals surface area contributed by atoms with Crippen molar-refractivity contribution in [3.05, 3.63) is 58.6 Å². The standard InChI is InChI=1S/C23H23N7O3S/c1-28-16-12-15(26-17(16)20(31)29(2)23(28)33)13-34-22-27-19-18(24-9-10-25-19)21(32)30(22)11-8-14-6-4-3-5-7-14/h3-7,9-10,16-17H,8,11-13H2,1-2H3. The average molecular weight is 478 g/mol. The van der Waals surface area contributed by atoms with Crippen molar-refractivity contribution < 1.29 is 9.59 Å². The quantitative estimate of drug-likeness (QED) is 0.392. The summed E-state index contributed by atoms with van der Waals surface area (Å²) >= 11 is 1.38. The van der Waals surface area contributed by atoms with Gasteiger partial charge in [-0.3, -0.25) is 24.0 Å². The maximum atomic E-state index is 13.2. The lowest BCUT2D eigenvalue weighted by molar-refractivity contribution is -0.132. The molecule has 0 N–H and O–H groups in total. The molecular formula is C23H23N7O3S. The molecule has 4 heterocycles. The Morgan fingerprint density at radius 1 is 1.06 bits per heavy atom. The number of rotatable bonds is 6. The highest BCUT2D eigenvalue weighted by atomic mass is 32.2. The molecule has 1 saturated heterocycles. The van der Waals surface area contributed by atoms with E-state index in [9.17, 15) is 14.4 Å². The molecule has 2 atom stereocenters. The van der Waals surface area contributed by atoms with E-state index in [0.29, 0.717) is 35.9 Å². The topological polar surface area (TPSA) is 114 Å². The fourth-order valence-electron chi connectivity index (χ4n) is 4.29. The molecular weight excluding hydrogens is 454 g/mol. The van der Waals surface area contributed by atoms with Crippen LogP contribution in [0.25, 0.3) is 11.2 Å². The fraction of sp³-hybridized carbons (Fsp3) is 0.348. The van der Waals surface area contributed by atoms with E-state index in [2.05, 4.69) is 19.9 Å². The van der Waals surface area contributed by atoms with Crippen LogP contribution >= 0.6 is 11.8 Å². The van der Waals surface area contributed by atoms with Gasteiger partial charge in [0.15, 0.2) is 16.3 Å². The van der Waals surface area contributed by atoms with E-state index >= 15 is 0 Å². The first-order chi connectivity index (χ1) is 16.4. The lowest BCUT2D eigenvalue weighted by Crippen LogP contribution is -2.59. The van der Waals surface area contributed by atoms with Gasteiger partial charge in [0.1, 0.15) is 6.04 Å². The van der Waals surface area contributed by atoms with Crippen molar-refractivity contribution in [1.29, 1.82) is 0 Å². The van der Waals surface area contributed by atoms with E-state index in [-0.39, 0.29) is 29.1 Å². The number of aryl methyl sites for hydroxylation is 1. The molecule has 2 aliphatic rings. The number of imide groups is 1. The Kier molecular flexibility index (Phi) is 5.86. The first-order valence-corrected chi connectivity index (χ1v) is 11.9. The Morgan fingerprint density at radius 3 is 2.62 bits per heavy atom. The number of aromatic nitrogens is 4. The van der Waals surface area contributed by atoms with Gasteiger partial charge < -0.3 is 4.90 Å². The third kappa shape index (κ3) is 3.96. The van der Waals surface area contributed by atoms with Crippen molar-refractivity contribution in [3.63, 3.8) is 0 Å². The number of likely N-dealkylation sites (N-methyl/N-ethyl adjacent to an activating group) is 2. The van der Waals surface area contributed by atoms with Crippen molar-refractivity contribution in [2.45, 2.75) is 36.6 Å². The largest absolute Gasteiger partial charge is 0.326 e. The molecule has 3 aromatic rings. The number of carbonyl (C=O) groups excluding carboxylic acids is 2. The molecule has 2 aliphatic heterocycles. The summed E-state index contributed by atoms with van der Waals surface area (Å²) in [5, 5.41) is 0.527. The molecule has 2 unspecified atom stereocenters. The van der Waals surface area contributed by atoms with Crippen LogP contribution in [0, 0.1) is 0 Å². The normalized spacial score (nSPS) is 20.1. The number of hydrogen-bond donors (Lipinski definition) is 0. The fourth-order valence-corrected chi connectivity index (χ4v) is 5.26. The summed E-state index contributed by atoms with van der Waals surface area (Å²) in [5.41, 5.74) is 2.23. The minimum atomic E-state index is -0.584. The van der Waals surface area contributed by atoms with E-state index in [1.807, 2.05) is 30.3 Å². The third-order valence-corrected chi connectivity index (χ3v) is 7.24. The van der Waals surface area contributed by atoms with Crippen LogP contribution in [0.5, 0.6) is 0 Å². The summed E-state index contributed by atoms with van der Waals surface area (Å²) in [6, 6.07) is 8.75. The molecule has 34 heavy (non-hydrogen) atoms. The maximum Gasteiger partial charge on any atom is 0.326 e. The number of thioether (sulfide) groups is 1. The number of fused-ring (bicyclic) bond motifs is 2. The van der Waals surface area contributed by atoms with Crippen LogP contribution < -0.4 is 5.56 Å². The predicted molar refractivity (Wildman–Crippen MR) is 128 cm³/mol. The van der Waals surface area contributed by atoms with Gasteiger partial charge in [-0.1, -0.05) is 42.1 Å². The first kappa shape index (κ1) is 22.2. The van der Waals surface area contributed by atoms with Crippen molar-refractivity contribution in [1.82, 2.24) is 29.3 Å². The Labute approximate surface area is 199 Å². The van der Waals surface area contributed by atoms with Gasteiger partial charge in [-0.25, -0.2) is 19.7 Å². The van der Waals surface area contributed by atoms with Crippen LogP contribution in [0.1, 0.15) is 12.0 Å². The lowest BCUT2D eigenvalue weighted by atomic mass is 10.0. The van der Waals surface area contributed by atoms with E-state index in [4.69, 9.17) is 0 Å². The summed E-state index contributed by atoms with van der Waals surface area (Å²) in [4.78, 5) is 58.3. The number of benzene rings is 1. The van der Waals surface area contributed by atoms with Crippen LogP contribution in [0.3, 0.4) is 0 Å². The van der Waals surface area contributed by atoms with Gasteiger partial charge in [-0.15, -0.1) is 0 Å². The molecule has 10 nitrogen and oxygen atoms in total. The smallest absolute Gasteiger partial charge is 0.321 e. The molecule has 2 aromatic heterocycles. The van der Waals surface area contributed by atoms with Gasteiger partial charge in [-0.05, 0) is 12.0 Å². The highest BCUT2D eigenvalue weighted by molar-refractivity contribution is 7.99. The van der Waals surface area contributed by atoms with Gasteiger partial charge in [0, 0.05) is 50.9 Å². The molecule has 1 fully saturated rings. The van der Waals surface area contributed by atoms with Gasteiger partial charge in [0.25, 0.3) is 11.5 Å². The number of nitrogens with zero attached hydrogens (tertiary/aromatic N) is 7. The van der Waals surface area contributed by atoms with E-state index < -0.39 is 6.04 Å². The van der Waals surface area contributed by atoms with E-state index in [1.165, 1.54) is 31.2 Å². The Hall–Kier alpha value is -3.60. The van der Waals surface area contributed by atoms with Crippen molar-refractivity contribution in [3.8, 4) is 0 Å². The molecule has 0 spiro atoms. The summed E-state index contributed by atoms with van der Waals surface area (Å²) in [5.74, 6) is 0.169. The molecule has 1 aromatic carbocycles. The second kappa shape index (κ2) is 8.98. The van der Waals surface area contributed by atoms with Gasteiger partial charge >= 0.3 is 6.03 Å². The Bertz CT molecular complexity index is 1360. The van der Waals surface area contributed by atoms with Crippen LogP contribution in [-0.4, -0.2) is 78.9 Å². The molecule has 3 amide bonds. The number of aliphatic imine (C=N–C) groups is 1. The van der Waals surface area contributed by atoms with Gasteiger partial charge in [0.2, 0.25) is 0 Å². The summed E-state index contributed by atoms with van der Waals surface area (Å²) in [6.45, 7) is 0.447. The number of hydrogen-bond acceptors (Lipinski definition) is 8. The SMILES string of the molecule is CN1C(=O)C2N=C(CSc3nc4nccnc4c(=O)n3CCc3ccccc3)CC2N(C)C1=O. The van der Waals surface area contributed by atoms with E-state index in [0.717, 1.165) is 16.2 Å². The summed E-state index contributed by atoms with van der Waals surface area (Å²) in [7, 11) is 3.17. The maximum absolute atomic E-state index is 13.2. The molecule has 174 valence electrons.